The van der Waals surface area contributed by atoms with Crippen LogP contribution in [0.1, 0.15) is 0 Å². The van der Waals surface area contributed by atoms with Gasteiger partial charge >= 0.3 is 0 Å². The topological polar surface area (TPSA) is 118 Å². The zero-order chi connectivity index (χ0) is 17.1. The molecule has 9 heteroatoms. The van der Waals surface area contributed by atoms with E-state index >= 15 is 0 Å². The molecule has 0 unspecified atom stereocenters. The molecule has 0 aliphatic heterocycles. The van der Waals surface area contributed by atoms with Crippen LogP contribution in [0.15, 0.2) is 58.3 Å². The summed E-state index contributed by atoms with van der Waals surface area (Å²) in [7, 11) is -7.41. The van der Waals surface area contributed by atoms with Gasteiger partial charge in [0.2, 0.25) is 19.7 Å². The maximum absolute atomic E-state index is 11.5. The van der Waals surface area contributed by atoms with Gasteiger partial charge in [-0.1, -0.05) is 0 Å². The molecular weight excluding hydrogens is 344 g/mol. The Labute approximate surface area is 133 Å². The van der Waals surface area contributed by atoms with Gasteiger partial charge in [0.1, 0.15) is 23.4 Å². The van der Waals surface area contributed by atoms with Crippen LogP contribution < -0.4 is 4.74 Å². The zero-order valence-corrected chi connectivity index (χ0v) is 13.4. The monoisotopic (exact) mass is 358 g/mol. The summed E-state index contributed by atoms with van der Waals surface area (Å²) >= 11 is 0. The Morgan fingerprint density at radius 3 is 1.22 bits per heavy atom. The lowest BCUT2D eigenvalue weighted by Gasteiger charge is -2.08. The second kappa shape index (κ2) is 6.67. The van der Waals surface area contributed by atoms with Crippen molar-refractivity contribution in [2.75, 3.05) is 11.9 Å². The minimum atomic E-state index is -3.70. The predicted molar refractivity (Wildman–Crippen MR) is 81.5 cm³/mol. The van der Waals surface area contributed by atoms with E-state index in [9.17, 15) is 16.8 Å². The molecule has 0 spiro atoms. The maximum atomic E-state index is 11.5. The molecule has 2 N–H and O–H groups in total. The lowest BCUT2D eigenvalue weighted by Crippen LogP contribution is -2.05. The summed E-state index contributed by atoms with van der Waals surface area (Å²) in [6.07, 6.45) is 0. The molecule has 0 saturated carbocycles. The van der Waals surface area contributed by atoms with E-state index in [0.29, 0.717) is 11.5 Å². The van der Waals surface area contributed by atoms with Crippen LogP contribution in [0.2, 0.25) is 0 Å². The summed E-state index contributed by atoms with van der Waals surface area (Å²) in [5.41, 5.74) is 0. The van der Waals surface area contributed by atoms with Gasteiger partial charge < -0.3 is 14.9 Å². The smallest absolute Gasteiger partial charge is 0.202 e. The van der Waals surface area contributed by atoms with Gasteiger partial charge in [-0.05, 0) is 48.5 Å². The highest BCUT2D eigenvalue weighted by molar-refractivity contribution is 7.91. The molecule has 0 bridgehead atoms. The average Bonchev–Trinajstić information content (AvgIpc) is 2.56. The molecule has 2 rings (SSSR count). The van der Waals surface area contributed by atoms with E-state index in [4.69, 9.17) is 14.9 Å². The van der Waals surface area contributed by atoms with Crippen molar-refractivity contribution in [2.24, 2.45) is 0 Å². The Morgan fingerprint density at radius 1 is 0.652 bits per heavy atom. The first-order chi connectivity index (χ1) is 10.8. The normalized spacial score (nSPS) is 12.1. The molecule has 23 heavy (non-hydrogen) atoms. The number of hydrogen-bond acceptors (Lipinski definition) is 7. The van der Waals surface area contributed by atoms with Crippen LogP contribution in [-0.4, -0.2) is 38.9 Å². The fourth-order valence-corrected chi connectivity index (χ4v) is 3.11. The van der Waals surface area contributed by atoms with Gasteiger partial charge in [-0.3, -0.25) is 0 Å². The van der Waals surface area contributed by atoms with Crippen molar-refractivity contribution in [1.29, 1.82) is 0 Å². The van der Waals surface area contributed by atoms with E-state index < -0.39 is 31.6 Å². The molecule has 0 aromatic heterocycles. The fourth-order valence-electron chi connectivity index (χ4n) is 1.72. The van der Waals surface area contributed by atoms with Crippen LogP contribution in [0, 0.1) is 0 Å². The van der Waals surface area contributed by atoms with Crippen LogP contribution in [-0.2, 0) is 19.7 Å². The Hall–Kier alpha value is -1.94. The predicted octanol–water partition coefficient (Wildman–Crippen LogP) is 0.926. The minimum absolute atomic E-state index is 0.0308. The maximum Gasteiger partial charge on any atom is 0.202 e. The van der Waals surface area contributed by atoms with E-state index in [1.807, 2.05) is 0 Å². The third kappa shape index (κ3) is 4.08. The number of aliphatic hydroxyl groups excluding tert-OH is 2. The van der Waals surface area contributed by atoms with E-state index in [2.05, 4.69) is 0 Å². The number of benzene rings is 2. The highest BCUT2D eigenvalue weighted by Gasteiger charge is 2.14. The molecule has 7 nitrogen and oxygen atoms in total. The third-order valence-corrected chi connectivity index (χ3v) is 5.60. The average molecular weight is 358 g/mol. The Kier molecular flexibility index (Phi) is 5.05. The van der Waals surface area contributed by atoms with Gasteiger partial charge in [-0.2, -0.15) is 0 Å². The molecule has 0 amide bonds. The SMILES string of the molecule is O=S(=O)(CO)c1ccc(Oc2ccc(S(=O)(=O)CO)cc2)cc1. The van der Waals surface area contributed by atoms with Crippen molar-refractivity contribution >= 4 is 19.7 Å². The van der Waals surface area contributed by atoms with Crippen molar-refractivity contribution in [3.05, 3.63) is 48.5 Å². The van der Waals surface area contributed by atoms with Crippen LogP contribution in [0.25, 0.3) is 0 Å². The lowest BCUT2D eigenvalue weighted by molar-refractivity contribution is 0.358. The second-order valence-electron chi connectivity index (χ2n) is 4.53. The molecule has 0 saturated heterocycles. The number of hydrogen-bond donors (Lipinski definition) is 2. The van der Waals surface area contributed by atoms with Crippen molar-refractivity contribution in [3.63, 3.8) is 0 Å². The first-order valence-electron chi connectivity index (χ1n) is 6.34. The quantitative estimate of drug-likeness (QED) is 0.788. The van der Waals surface area contributed by atoms with E-state index in [-0.39, 0.29) is 9.79 Å². The highest BCUT2D eigenvalue weighted by atomic mass is 32.2. The number of rotatable bonds is 6. The second-order valence-corrected chi connectivity index (χ2v) is 8.45. The Bertz CT molecular complexity index is 792. The third-order valence-electron chi connectivity index (χ3n) is 2.94. The summed E-state index contributed by atoms with van der Waals surface area (Å²) in [4.78, 5) is -0.0616. The summed E-state index contributed by atoms with van der Waals surface area (Å²) in [5.74, 6) is -1.26. The number of aliphatic hydroxyl groups is 2. The van der Waals surface area contributed by atoms with Crippen LogP contribution in [0.5, 0.6) is 11.5 Å². The first kappa shape index (κ1) is 17.4. The van der Waals surface area contributed by atoms with Gasteiger partial charge in [-0.15, -0.1) is 0 Å². The Morgan fingerprint density at radius 2 is 0.957 bits per heavy atom. The van der Waals surface area contributed by atoms with Gasteiger partial charge in [0.05, 0.1) is 9.79 Å². The van der Waals surface area contributed by atoms with Gasteiger partial charge in [0, 0.05) is 0 Å². The zero-order valence-electron chi connectivity index (χ0n) is 11.8. The fraction of sp³-hybridized carbons (Fsp3) is 0.143. The molecule has 0 fully saturated rings. The van der Waals surface area contributed by atoms with Crippen molar-refractivity contribution < 1.29 is 31.8 Å². The molecule has 2 aromatic rings. The van der Waals surface area contributed by atoms with Crippen molar-refractivity contribution in [2.45, 2.75) is 9.79 Å². The van der Waals surface area contributed by atoms with Crippen LogP contribution in [0.3, 0.4) is 0 Å². The van der Waals surface area contributed by atoms with E-state index in [1.54, 1.807) is 0 Å². The van der Waals surface area contributed by atoms with Gasteiger partial charge in [0.15, 0.2) is 0 Å². The molecule has 0 aliphatic rings. The van der Waals surface area contributed by atoms with E-state index in [0.717, 1.165) is 0 Å². The largest absolute Gasteiger partial charge is 0.457 e. The summed E-state index contributed by atoms with van der Waals surface area (Å²) in [5, 5.41) is 17.6. The molecule has 124 valence electrons. The number of sulfone groups is 2. The van der Waals surface area contributed by atoms with Crippen LogP contribution in [0.4, 0.5) is 0 Å². The first-order valence-corrected chi connectivity index (χ1v) is 9.64. The summed E-state index contributed by atoms with van der Waals surface area (Å²) in [6, 6.07) is 10.9. The summed E-state index contributed by atoms with van der Waals surface area (Å²) < 4.78 is 51.3. The molecule has 2 aromatic carbocycles. The van der Waals surface area contributed by atoms with Gasteiger partial charge in [-0.25, -0.2) is 16.8 Å². The lowest BCUT2D eigenvalue weighted by atomic mass is 10.3. The summed E-state index contributed by atoms with van der Waals surface area (Å²) in [6.45, 7) is 0. The Balaban J connectivity index is 2.17. The van der Waals surface area contributed by atoms with Crippen molar-refractivity contribution in [1.82, 2.24) is 0 Å². The molecule has 0 radical (unpaired) electrons. The van der Waals surface area contributed by atoms with Gasteiger partial charge in [0.25, 0.3) is 0 Å². The highest BCUT2D eigenvalue weighted by Crippen LogP contribution is 2.24. The standard InChI is InChI=1S/C14H14O7S2/c15-9-22(17,18)13-5-1-11(2-6-13)21-12-3-7-14(8-4-12)23(19,20)10-16/h1-8,15-16H,9-10H2. The molecule has 0 aliphatic carbocycles. The molecule has 0 atom stereocenters. The van der Waals surface area contributed by atoms with E-state index in [1.165, 1.54) is 48.5 Å². The number of ether oxygens (including phenoxy) is 1. The van der Waals surface area contributed by atoms with Crippen LogP contribution >= 0.6 is 0 Å². The minimum Gasteiger partial charge on any atom is -0.457 e. The molecule has 0 heterocycles. The van der Waals surface area contributed by atoms with Crippen molar-refractivity contribution in [3.8, 4) is 11.5 Å². The molecular formula is C14H14O7S2.